The molecule has 1 aliphatic heterocycles. The molecule has 5 nitrogen and oxygen atoms in total. The highest BCUT2D eigenvalue weighted by atomic mass is 32.2. The van der Waals surface area contributed by atoms with Crippen LogP contribution in [0.5, 0.6) is 0 Å². The maximum absolute atomic E-state index is 12.6. The van der Waals surface area contributed by atoms with Crippen molar-refractivity contribution in [2.24, 2.45) is 5.92 Å². The van der Waals surface area contributed by atoms with E-state index < -0.39 is 21.1 Å². The van der Waals surface area contributed by atoms with Gasteiger partial charge in [0.15, 0.2) is 20.8 Å². The molecule has 0 saturated carbocycles. The van der Waals surface area contributed by atoms with Crippen molar-refractivity contribution in [1.82, 2.24) is 0 Å². The summed E-state index contributed by atoms with van der Waals surface area (Å²) in [5.74, 6) is -0.962. The normalized spacial score (nSPS) is 21.2. The SMILES string of the molecule is S.[C-]#[N+]c1ccc(S(=O)(=O)C2C(=O)OC[C@@H]2CCC)cc1. The average molecular weight is 327 g/mol. The molecule has 21 heavy (non-hydrogen) atoms. The number of hydrogen-bond acceptors (Lipinski definition) is 4. The van der Waals surface area contributed by atoms with Crippen LogP contribution in [0.1, 0.15) is 19.8 Å². The first kappa shape index (κ1) is 17.5. The zero-order valence-corrected chi connectivity index (χ0v) is 13.4. The monoisotopic (exact) mass is 327 g/mol. The van der Waals surface area contributed by atoms with Crippen molar-refractivity contribution < 1.29 is 17.9 Å². The van der Waals surface area contributed by atoms with E-state index in [2.05, 4.69) is 4.85 Å². The molecule has 0 N–H and O–H groups in total. The summed E-state index contributed by atoms with van der Waals surface area (Å²) in [6.45, 7) is 8.96. The number of ether oxygens (including phenoxy) is 1. The standard InChI is InChI=1S/C14H15NO4S.H2S/c1-3-4-10-9-19-14(16)13(10)20(17,18)12-7-5-11(15-2)6-8-12;/h5-8,10,13H,3-4,9H2,1H3;1H2/t10-,13?;/m0./s1. The van der Waals surface area contributed by atoms with Gasteiger partial charge in [0.25, 0.3) is 0 Å². The van der Waals surface area contributed by atoms with Gasteiger partial charge in [0.05, 0.1) is 18.1 Å². The van der Waals surface area contributed by atoms with Crippen molar-refractivity contribution in [3.63, 3.8) is 0 Å². The molecule has 0 spiro atoms. The van der Waals surface area contributed by atoms with E-state index in [9.17, 15) is 13.2 Å². The van der Waals surface area contributed by atoms with Gasteiger partial charge in [-0.1, -0.05) is 37.6 Å². The largest absolute Gasteiger partial charge is 0.464 e. The van der Waals surface area contributed by atoms with E-state index in [1.54, 1.807) is 0 Å². The quantitative estimate of drug-likeness (QED) is 0.629. The molecule has 0 aromatic heterocycles. The first-order chi connectivity index (χ1) is 9.50. The molecule has 2 atom stereocenters. The Kier molecular flexibility index (Phi) is 5.81. The van der Waals surface area contributed by atoms with Gasteiger partial charge in [-0.05, 0) is 6.42 Å². The fraction of sp³-hybridized carbons (Fsp3) is 0.429. The Balaban J connectivity index is 0.00000220. The molecule has 0 amide bonds. The summed E-state index contributed by atoms with van der Waals surface area (Å²) >= 11 is 0. The molecule has 0 aliphatic carbocycles. The van der Waals surface area contributed by atoms with Crippen LogP contribution in [0.15, 0.2) is 29.2 Å². The van der Waals surface area contributed by atoms with Gasteiger partial charge in [0.1, 0.15) is 0 Å². The Morgan fingerprint density at radius 2 is 1.95 bits per heavy atom. The lowest BCUT2D eigenvalue weighted by atomic mass is 10.0. The van der Waals surface area contributed by atoms with Crippen LogP contribution in [0.3, 0.4) is 0 Å². The smallest absolute Gasteiger partial charge is 0.325 e. The lowest BCUT2D eigenvalue weighted by molar-refractivity contribution is -0.137. The molecular weight excluding hydrogens is 310 g/mol. The van der Waals surface area contributed by atoms with Crippen LogP contribution in [0.2, 0.25) is 0 Å². The van der Waals surface area contributed by atoms with E-state index in [0.29, 0.717) is 12.1 Å². The predicted octanol–water partition coefficient (Wildman–Crippen LogP) is 2.47. The molecule has 1 aromatic rings. The summed E-state index contributed by atoms with van der Waals surface area (Å²) < 4.78 is 30.0. The molecule has 1 saturated heterocycles. The van der Waals surface area contributed by atoms with Gasteiger partial charge >= 0.3 is 5.97 Å². The third-order valence-corrected chi connectivity index (χ3v) is 5.56. The van der Waals surface area contributed by atoms with Crippen LogP contribution in [-0.2, 0) is 19.4 Å². The van der Waals surface area contributed by atoms with Gasteiger partial charge in [-0.15, -0.1) is 0 Å². The predicted molar refractivity (Wildman–Crippen MR) is 83.4 cm³/mol. The highest BCUT2D eigenvalue weighted by Crippen LogP contribution is 2.31. The van der Waals surface area contributed by atoms with E-state index in [1.807, 2.05) is 6.92 Å². The van der Waals surface area contributed by atoms with Crippen molar-refractivity contribution in [2.45, 2.75) is 29.9 Å². The van der Waals surface area contributed by atoms with Gasteiger partial charge in [0.2, 0.25) is 0 Å². The zero-order chi connectivity index (χ0) is 14.8. The Morgan fingerprint density at radius 1 is 1.33 bits per heavy atom. The number of hydrogen-bond donors (Lipinski definition) is 0. The van der Waals surface area contributed by atoms with Crippen molar-refractivity contribution in [2.75, 3.05) is 6.61 Å². The fourth-order valence-electron chi connectivity index (χ4n) is 2.39. The van der Waals surface area contributed by atoms with Crippen molar-refractivity contribution >= 4 is 35.0 Å². The van der Waals surface area contributed by atoms with E-state index in [1.165, 1.54) is 24.3 Å². The van der Waals surface area contributed by atoms with Gasteiger partial charge < -0.3 is 4.74 Å². The molecule has 1 aromatic carbocycles. The number of nitrogens with zero attached hydrogens (tertiary/aromatic N) is 1. The molecule has 114 valence electrons. The first-order valence-electron chi connectivity index (χ1n) is 6.38. The summed E-state index contributed by atoms with van der Waals surface area (Å²) in [6, 6.07) is 5.62. The summed E-state index contributed by atoms with van der Waals surface area (Å²) in [7, 11) is -3.76. The third-order valence-electron chi connectivity index (χ3n) is 3.39. The molecule has 1 unspecified atom stereocenters. The average Bonchev–Trinajstić information content (AvgIpc) is 2.81. The molecule has 1 heterocycles. The fourth-order valence-corrected chi connectivity index (χ4v) is 4.25. The summed E-state index contributed by atoms with van der Waals surface area (Å²) in [5, 5.41) is -1.12. The number of carbonyl (C=O) groups excluding carboxylic acids is 1. The van der Waals surface area contributed by atoms with Crippen LogP contribution in [-0.4, -0.2) is 26.2 Å². The van der Waals surface area contributed by atoms with Gasteiger partial charge in [0, 0.05) is 5.92 Å². The minimum absolute atomic E-state index is 0. The Labute approximate surface area is 131 Å². The van der Waals surface area contributed by atoms with Crippen molar-refractivity contribution in [3.8, 4) is 0 Å². The maximum atomic E-state index is 12.6. The Hall–Kier alpha value is -1.52. The minimum Gasteiger partial charge on any atom is -0.464 e. The summed E-state index contributed by atoms with van der Waals surface area (Å²) in [4.78, 5) is 15.0. The van der Waals surface area contributed by atoms with Gasteiger partial charge in [-0.3, -0.25) is 4.79 Å². The summed E-state index contributed by atoms with van der Waals surface area (Å²) in [5.41, 5.74) is 0.364. The van der Waals surface area contributed by atoms with Crippen LogP contribution < -0.4 is 0 Å². The van der Waals surface area contributed by atoms with Crippen LogP contribution in [0, 0.1) is 12.5 Å². The molecule has 0 bridgehead atoms. The highest BCUT2D eigenvalue weighted by molar-refractivity contribution is 7.92. The number of esters is 1. The number of sulfone groups is 1. The molecule has 2 rings (SSSR count). The highest BCUT2D eigenvalue weighted by Gasteiger charge is 2.46. The van der Waals surface area contributed by atoms with Crippen molar-refractivity contribution in [3.05, 3.63) is 35.7 Å². The summed E-state index contributed by atoms with van der Waals surface area (Å²) in [6.07, 6.45) is 1.43. The second-order valence-electron chi connectivity index (χ2n) is 4.75. The third kappa shape index (κ3) is 3.39. The van der Waals surface area contributed by atoms with E-state index in [0.717, 1.165) is 6.42 Å². The molecule has 0 radical (unpaired) electrons. The lowest BCUT2D eigenvalue weighted by Crippen LogP contribution is -2.32. The Morgan fingerprint density at radius 3 is 2.48 bits per heavy atom. The zero-order valence-electron chi connectivity index (χ0n) is 11.6. The molecule has 7 heteroatoms. The van der Waals surface area contributed by atoms with Gasteiger partial charge in [-0.2, -0.15) is 13.5 Å². The molecular formula is C14H17NO4S2. The van der Waals surface area contributed by atoms with E-state index >= 15 is 0 Å². The Bertz CT molecular complexity index is 647. The second kappa shape index (κ2) is 6.96. The first-order valence-corrected chi connectivity index (χ1v) is 7.93. The van der Waals surface area contributed by atoms with E-state index in [4.69, 9.17) is 11.3 Å². The topological polar surface area (TPSA) is 64.8 Å². The lowest BCUT2D eigenvalue weighted by Gasteiger charge is -2.15. The maximum Gasteiger partial charge on any atom is 0.325 e. The van der Waals surface area contributed by atoms with Crippen molar-refractivity contribution in [1.29, 1.82) is 0 Å². The van der Waals surface area contributed by atoms with Gasteiger partial charge in [-0.25, -0.2) is 13.3 Å². The number of cyclic esters (lactones) is 1. The van der Waals surface area contributed by atoms with Crippen LogP contribution in [0.25, 0.3) is 4.85 Å². The van der Waals surface area contributed by atoms with Crippen LogP contribution >= 0.6 is 13.5 Å². The van der Waals surface area contributed by atoms with E-state index in [-0.39, 0.29) is 30.9 Å². The molecule has 1 fully saturated rings. The number of carbonyl (C=O) groups is 1. The second-order valence-corrected chi connectivity index (χ2v) is 6.82. The van der Waals surface area contributed by atoms with Crippen LogP contribution in [0.4, 0.5) is 5.69 Å². The molecule has 1 aliphatic rings. The number of rotatable bonds is 4. The number of benzene rings is 1. The minimum atomic E-state index is -3.76.